The number of anilines is 1. The molecular weight excluding hydrogens is 392 g/mol. The summed E-state index contributed by atoms with van der Waals surface area (Å²) in [5, 5.41) is 2.94. The van der Waals surface area contributed by atoms with Crippen molar-refractivity contribution < 1.29 is 19.0 Å². The molecule has 0 spiro atoms. The van der Waals surface area contributed by atoms with Crippen molar-refractivity contribution in [3.63, 3.8) is 0 Å². The first-order chi connectivity index (χ1) is 15.1. The predicted molar refractivity (Wildman–Crippen MR) is 121 cm³/mol. The molecule has 0 radical (unpaired) electrons. The number of hydrogen-bond acceptors (Lipinski definition) is 4. The molecule has 3 aromatic rings. The number of ether oxygens (including phenoxy) is 3. The van der Waals surface area contributed by atoms with Gasteiger partial charge in [0.25, 0.3) is 0 Å². The predicted octanol–water partition coefficient (Wildman–Crippen LogP) is 5.08. The van der Waals surface area contributed by atoms with Crippen molar-refractivity contribution in [2.24, 2.45) is 0 Å². The summed E-state index contributed by atoms with van der Waals surface area (Å²) >= 11 is 0. The zero-order valence-corrected chi connectivity index (χ0v) is 18.1. The van der Waals surface area contributed by atoms with E-state index in [9.17, 15) is 4.79 Å². The molecule has 0 aliphatic heterocycles. The highest BCUT2D eigenvalue weighted by molar-refractivity contribution is 5.89. The van der Waals surface area contributed by atoms with E-state index in [2.05, 4.69) is 5.32 Å². The van der Waals surface area contributed by atoms with Gasteiger partial charge in [0.2, 0.25) is 0 Å². The van der Waals surface area contributed by atoms with E-state index in [0.717, 1.165) is 33.9 Å². The third-order valence-corrected chi connectivity index (χ3v) is 4.80. The summed E-state index contributed by atoms with van der Waals surface area (Å²) < 4.78 is 16.1. The van der Waals surface area contributed by atoms with Gasteiger partial charge in [-0.25, -0.2) is 4.79 Å². The SMILES string of the molecule is COc1ccc(COCc2cccc(NC(=O)N(C)Cc3ccc(OC)cc3)c2)cc1. The fraction of sp³-hybridized carbons (Fsp3) is 0.240. The summed E-state index contributed by atoms with van der Waals surface area (Å²) in [5.41, 5.74) is 3.82. The average Bonchev–Trinajstić information content (AvgIpc) is 2.80. The zero-order valence-electron chi connectivity index (χ0n) is 18.1. The molecule has 2 amide bonds. The second-order valence-electron chi connectivity index (χ2n) is 7.18. The lowest BCUT2D eigenvalue weighted by Gasteiger charge is -2.18. The summed E-state index contributed by atoms with van der Waals surface area (Å²) in [6.45, 7) is 1.46. The molecule has 162 valence electrons. The number of carbonyl (C=O) groups excluding carboxylic acids is 1. The Hall–Kier alpha value is -3.51. The molecule has 6 nitrogen and oxygen atoms in total. The van der Waals surface area contributed by atoms with Gasteiger partial charge in [0.05, 0.1) is 27.4 Å². The van der Waals surface area contributed by atoms with Gasteiger partial charge in [-0.05, 0) is 53.1 Å². The van der Waals surface area contributed by atoms with E-state index in [1.54, 1.807) is 26.2 Å². The number of methoxy groups -OCH3 is 2. The van der Waals surface area contributed by atoms with Gasteiger partial charge in [-0.1, -0.05) is 36.4 Å². The summed E-state index contributed by atoms with van der Waals surface area (Å²) in [6, 6.07) is 23.0. The van der Waals surface area contributed by atoms with Crippen LogP contribution in [0.1, 0.15) is 16.7 Å². The van der Waals surface area contributed by atoms with Crippen molar-refractivity contribution in [3.8, 4) is 11.5 Å². The first kappa shape index (κ1) is 22.2. The summed E-state index contributed by atoms with van der Waals surface area (Å²) in [5.74, 6) is 1.62. The smallest absolute Gasteiger partial charge is 0.321 e. The molecule has 0 heterocycles. The summed E-state index contributed by atoms with van der Waals surface area (Å²) in [4.78, 5) is 14.2. The van der Waals surface area contributed by atoms with E-state index in [4.69, 9.17) is 14.2 Å². The maximum absolute atomic E-state index is 12.6. The molecule has 31 heavy (non-hydrogen) atoms. The molecule has 0 atom stereocenters. The van der Waals surface area contributed by atoms with Crippen LogP contribution in [0.25, 0.3) is 0 Å². The number of amides is 2. The van der Waals surface area contributed by atoms with E-state index in [1.807, 2.05) is 72.8 Å². The maximum atomic E-state index is 12.6. The molecule has 3 aromatic carbocycles. The van der Waals surface area contributed by atoms with Gasteiger partial charge < -0.3 is 24.4 Å². The molecule has 1 N–H and O–H groups in total. The van der Waals surface area contributed by atoms with Crippen LogP contribution in [0.4, 0.5) is 10.5 Å². The molecule has 0 saturated carbocycles. The monoisotopic (exact) mass is 420 g/mol. The van der Waals surface area contributed by atoms with Gasteiger partial charge >= 0.3 is 6.03 Å². The Bertz CT molecular complexity index is 972. The van der Waals surface area contributed by atoms with Crippen molar-refractivity contribution in [3.05, 3.63) is 89.5 Å². The zero-order chi connectivity index (χ0) is 22.1. The number of hydrogen-bond donors (Lipinski definition) is 1. The Labute approximate surface area is 183 Å². The molecule has 0 saturated heterocycles. The van der Waals surface area contributed by atoms with Crippen molar-refractivity contribution in [2.45, 2.75) is 19.8 Å². The summed E-state index contributed by atoms with van der Waals surface area (Å²) in [6.07, 6.45) is 0. The number of urea groups is 1. The van der Waals surface area contributed by atoms with Crippen LogP contribution in [0.5, 0.6) is 11.5 Å². The van der Waals surface area contributed by atoms with Crippen LogP contribution in [0.3, 0.4) is 0 Å². The molecule has 0 fully saturated rings. The molecule has 0 unspecified atom stereocenters. The highest BCUT2D eigenvalue weighted by Crippen LogP contribution is 2.16. The number of rotatable bonds is 9. The Morgan fingerprint density at radius 1 is 0.806 bits per heavy atom. The third kappa shape index (κ3) is 6.76. The molecule has 0 aliphatic rings. The lowest BCUT2D eigenvalue weighted by Crippen LogP contribution is -2.30. The number of nitrogens with zero attached hydrogens (tertiary/aromatic N) is 1. The maximum Gasteiger partial charge on any atom is 0.321 e. The van der Waals surface area contributed by atoms with E-state index in [0.29, 0.717) is 19.8 Å². The fourth-order valence-corrected chi connectivity index (χ4v) is 3.04. The van der Waals surface area contributed by atoms with Crippen LogP contribution >= 0.6 is 0 Å². The number of nitrogens with one attached hydrogen (secondary N) is 1. The van der Waals surface area contributed by atoms with Crippen LogP contribution in [0, 0.1) is 0 Å². The normalized spacial score (nSPS) is 10.4. The van der Waals surface area contributed by atoms with Crippen LogP contribution in [0.2, 0.25) is 0 Å². The molecule has 0 bridgehead atoms. The van der Waals surface area contributed by atoms with Gasteiger partial charge in [-0.2, -0.15) is 0 Å². The minimum absolute atomic E-state index is 0.174. The molecule has 6 heteroatoms. The molecule has 0 aliphatic carbocycles. The Kier molecular flexibility index (Phi) is 7.90. The van der Waals surface area contributed by atoms with Gasteiger partial charge in [0.1, 0.15) is 11.5 Å². The molecule has 0 aromatic heterocycles. The highest BCUT2D eigenvalue weighted by atomic mass is 16.5. The highest BCUT2D eigenvalue weighted by Gasteiger charge is 2.10. The van der Waals surface area contributed by atoms with Crippen LogP contribution in [-0.2, 0) is 24.5 Å². The van der Waals surface area contributed by atoms with Crippen molar-refractivity contribution in [1.29, 1.82) is 0 Å². The van der Waals surface area contributed by atoms with E-state index >= 15 is 0 Å². The fourth-order valence-electron chi connectivity index (χ4n) is 3.04. The largest absolute Gasteiger partial charge is 0.497 e. The van der Waals surface area contributed by atoms with Crippen LogP contribution in [-0.4, -0.2) is 32.2 Å². The lowest BCUT2D eigenvalue weighted by molar-refractivity contribution is 0.107. The number of benzene rings is 3. The van der Waals surface area contributed by atoms with Gasteiger partial charge in [-0.3, -0.25) is 0 Å². The topological polar surface area (TPSA) is 60.0 Å². The van der Waals surface area contributed by atoms with Gasteiger partial charge in [0.15, 0.2) is 0 Å². The Balaban J connectivity index is 1.49. The second kappa shape index (κ2) is 11.0. The number of carbonyl (C=O) groups is 1. The quantitative estimate of drug-likeness (QED) is 0.524. The second-order valence-corrected chi connectivity index (χ2v) is 7.18. The van der Waals surface area contributed by atoms with E-state index < -0.39 is 0 Å². The first-order valence-electron chi connectivity index (χ1n) is 10.0. The van der Waals surface area contributed by atoms with Crippen molar-refractivity contribution in [2.75, 3.05) is 26.6 Å². The Morgan fingerprint density at radius 3 is 2.00 bits per heavy atom. The Morgan fingerprint density at radius 2 is 1.39 bits per heavy atom. The van der Waals surface area contributed by atoms with Crippen LogP contribution in [0.15, 0.2) is 72.8 Å². The standard InChI is InChI=1S/C25H28N2O4/c1-27(16-19-7-11-23(29-2)12-8-19)25(28)26-22-6-4-5-21(15-22)18-31-17-20-9-13-24(30-3)14-10-20/h4-15H,16-18H2,1-3H3,(H,26,28). The average molecular weight is 421 g/mol. The first-order valence-corrected chi connectivity index (χ1v) is 10.0. The minimum atomic E-state index is -0.174. The van der Waals surface area contributed by atoms with Gasteiger partial charge in [0, 0.05) is 19.3 Å². The van der Waals surface area contributed by atoms with Crippen molar-refractivity contribution in [1.82, 2.24) is 4.90 Å². The van der Waals surface area contributed by atoms with E-state index in [-0.39, 0.29) is 6.03 Å². The molecular formula is C25H28N2O4. The summed E-state index contributed by atoms with van der Waals surface area (Å²) in [7, 11) is 5.04. The van der Waals surface area contributed by atoms with Crippen molar-refractivity contribution >= 4 is 11.7 Å². The van der Waals surface area contributed by atoms with Crippen LogP contribution < -0.4 is 14.8 Å². The molecule has 3 rings (SSSR count). The third-order valence-electron chi connectivity index (χ3n) is 4.80. The van der Waals surface area contributed by atoms with E-state index in [1.165, 1.54) is 0 Å². The van der Waals surface area contributed by atoms with Gasteiger partial charge in [-0.15, -0.1) is 0 Å². The minimum Gasteiger partial charge on any atom is -0.497 e. The lowest BCUT2D eigenvalue weighted by atomic mass is 10.2.